The third kappa shape index (κ3) is 3.24. The third-order valence-corrected chi connectivity index (χ3v) is 2.24. The molecule has 1 rings (SSSR count). The molecule has 1 aromatic carbocycles. The van der Waals surface area contributed by atoms with E-state index in [1.54, 1.807) is 12.1 Å². The van der Waals surface area contributed by atoms with E-state index in [0.717, 1.165) is 5.56 Å². The lowest BCUT2D eigenvalue weighted by Crippen LogP contribution is -2.38. The molecule has 2 N–H and O–H groups in total. The van der Waals surface area contributed by atoms with Crippen LogP contribution in [0.4, 0.5) is 0 Å². The number of carboxylic acid groups (broad SMARTS) is 1. The van der Waals surface area contributed by atoms with E-state index in [1.807, 2.05) is 6.92 Å². The van der Waals surface area contributed by atoms with Crippen molar-refractivity contribution in [3.8, 4) is 0 Å². The summed E-state index contributed by atoms with van der Waals surface area (Å²) >= 11 is 5.80. The fraction of sp³-hybridized carbons (Fsp3) is 0.273. The van der Waals surface area contributed by atoms with E-state index >= 15 is 0 Å². The molecule has 1 aromatic rings. The van der Waals surface area contributed by atoms with E-state index in [9.17, 15) is 9.59 Å². The number of benzene rings is 1. The molecule has 0 saturated heterocycles. The summed E-state index contributed by atoms with van der Waals surface area (Å²) in [5, 5.41) is 11.5. The summed E-state index contributed by atoms with van der Waals surface area (Å²) in [6.07, 6.45) is 0. The Labute approximate surface area is 98.2 Å². The Morgan fingerprint density at radius 2 is 2.00 bits per heavy atom. The van der Waals surface area contributed by atoms with E-state index in [0.29, 0.717) is 10.6 Å². The van der Waals surface area contributed by atoms with Crippen molar-refractivity contribution in [3.05, 3.63) is 34.3 Å². The van der Waals surface area contributed by atoms with Crippen LogP contribution in [0.5, 0.6) is 0 Å². The second-order valence-corrected chi connectivity index (χ2v) is 3.99. The van der Waals surface area contributed by atoms with Gasteiger partial charge in [-0.1, -0.05) is 11.6 Å². The van der Waals surface area contributed by atoms with Gasteiger partial charge >= 0.3 is 5.97 Å². The van der Waals surface area contributed by atoms with E-state index in [-0.39, 0.29) is 0 Å². The fourth-order valence-electron chi connectivity index (χ4n) is 1.21. The Morgan fingerprint density at radius 3 is 2.50 bits per heavy atom. The quantitative estimate of drug-likeness (QED) is 0.849. The Morgan fingerprint density at radius 1 is 1.38 bits per heavy atom. The fourth-order valence-corrected chi connectivity index (χ4v) is 1.50. The first-order valence-corrected chi connectivity index (χ1v) is 5.09. The lowest BCUT2D eigenvalue weighted by atomic mass is 10.1. The highest BCUT2D eigenvalue weighted by molar-refractivity contribution is 6.31. The molecule has 0 spiro atoms. The number of carboxylic acids is 1. The molecule has 0 aliphatic heterocycles. The van der Waals surface area contributed by atoms with Crippen LogP contribution in [0.3, 0.4) is 0 Å². The Hall–Kier alpha value is -1.55. The summed E-state index contributed by atoms with van der Waals surface area (Å²) in [7, 11) is 0. The minimum absolute atomic E-state index is 0.359. The molecule has 0 radical (unpaired) electrons. The number of carbonyl (C=O) groups excluding carboxylic acids is 1. The minimum atomic E-state index is -1.08. The molecule has 86 valence electrons. The molecule has 0 bridgehead atoms. The Kier molecular flexibility index (Phi) is 3.90. The van der Waals surface area contributed by atoms with Crippen molar-refractivity contribution in [1.29, 1.82) is 0 Å². The molecular weight excluding hydrogens is 230 g/mol. The number of halogens is 1. The van der Waals surface area contributed by atoms with E-state index in [4.69, 9.17) is 16.7 Å². The van der Waals surface area contributed by atoms with Gasteiger partial charge in [0.05, 0.1) is 0 Å². The Bertz CT molecular complexity index is 411. The minimum Gasteiger partial charge on any atom is -0.480 e. The smallest absolute Gasteiger partial charge is 0.325 e. The van der Waals surface area contributed by atoms with Crippen LogP contribution < -0.4 is 5.32 Å². The van der Waals surface area contributed by atoms with Gasteiger partial charge in [-0.15, -0.1) is 0 Å². The summed E-state index contributed by atoms with van der Waals surface area (Å²) in [5.74, 6) is -1.52. The maximum atomic E-state index is 11.6. The SMILES string of the molecule is Cc1cc(Cl)cc(C(=O)N[C@H](C)C(=O)O)c1. The van der Waals surface area contributed by atoms with E-state index in [2.05, 4.69) is 5.32 Å². The zero-order valence-electron chi connectivity index (χ0n) is 8.95. The molecule has 0 aromatic heterocycles. The van der Waals surface area contributed by atoms with Gasteiger partial charge in [0, 0.05) is 10.6 Å². The second kappa shape index (κ2) is 4.99. The molecule has 0 fully saturated rings. The molecule has 5 heteroatoms. The zero-order chi connectivity index (χ0) is 12.3. The standard InChI is InChI=1S/C11H12ClNO3/c1-6-3-8(5-9(12)4-6)10(14)13-7(2)11(15)16/h3-5,7H,1-2H3,(H,13,14)(H,15,16)/t7-/m1/s1. The van der Waals surface area contributed by atoms with Crippen molar-refractivity contribution in [3.63, 3.8) is 0 Å². The van der Waals surface area contributed by atoms with Crippen LogP contribution in [-0.2, 0) is 4.79 Å². The average molecular weight is 242 g/mol. The van der Waals surface area contributed by atoms with Gasteiger partial charge in [-0.05, 0) is 37.6 Å². The number of hydrogen-bond donors (Lipinski definition) is 2. The zero-order valence-corrected chi connectivity index (χ0v) is 9.71. The number of hydrogen-bond acceptors (Lipinski definition) is 2. The van der Waals surface area contributed by atoms with Gasteiger partial charge in [0.25, 0.3) is 5.91 Å². The van der Waals surface area contributed by atoms with Crippen LogP contribution in [0.1, 0.15) is 22.8 Å². The summed E-state index contributed by atoms with van der Waals surface area (Å²) in [4.78, 5) is 22.2. The van der Waals surface area contributed by atoms with Crippen LogP contribution in [0.25, 0.3) is 0 Å². The highest BCUT2D eigenvalue weighted by Gasteiger charge is 2.15. The van der Waals surface area contributed by atoms with Gasteiger partial charge in [-0.3, -0.25) is 9.59 Å². The number of aryl methyl sites for hydroxylation is 1. The maximum absolute atomic E-state index is 11.6. The second-order valence-electron chi connectivity index (χ2n) is 3.55. The normalized spacial score (nSPS) is 11.9. The highest BCUT2D eigenvalue weighted by atomic mass is 35.5. The number of carbonyl (C=O) groups is 2. The predicted molar refractivity (Wildman–Crippen MR) is 60.8 cm³/mol. The van der Waals surface area contributed by atoms with Crippen molar-refractivity contribution >= 4 is 23.5 Å². The Balaban J connectivity index is 2.84. The van der Waals surface area contributed by atoms with Crippen LogP contribution >= 0.6 is 11.6 Å². The number of rotatable bonds is 3. The largest absolute Gasteiger partial charge is 0.480 e. The van der Waals surface area contributed by atoms with Gasteiger partial charge in [0.15, 0.2) is 0 Å². The lowest BCUT2D eigenvalue weighted by molar-refractivity contribution is -0.138. The van der Waals surface area contributed by atoms with E-state index in [1.165, 1.54) is 13.0 Å². The molecule has 16 heavy (non-hydrogen) atoms. The summed E-state index contributed by atoms with van der Waals surface area (Å²) in [5.41, 5.74) is 1.21. The molecule has 1 atom stereocenters. The average Bonchev–Trinajstić information content (AvgIpc) is 2.15. The van der Waals surface area contributed by atoms with Crippen LogP contribution in [0.2, 0.25) is 5.02 Å². The van der Waals surface area contributed by atoms with Gasteiger partial charge in [-0.25, -0.2) is 0 Å². The van der Waals surface area contributed by atoms with Gasteiger partial charge < -0.3 is 10.4 Å². The lowest BCUT2D eigenvalue weighted by Gasteiger charge is -2.09. The van der Waals surface area contributed by atoms with Crippen molar-refractivity contribution < 1.29 is 14.7 Å². The summed E-state index contributed by atoms with van der Waals surface area (Å²) < 4.78 is 0. The molecule has 1 amide bonds. The molecule has 0 saturated carbocycles. The molecule has 0 heterocycles. The van der Waals surface area contributed by atoms with Crippen molar-refractivity contribution in [2.45, 2.75) is 19.9 Å². The van der Waals surface area contributed by atoms with Gasteiger partial charge in [-0.2, -0.15) is 0 Å². The summed E-state index contributed by atoms with van der Waals surface area (Å²) in [6.45, 7) is 3.21. The van der Waals surface area contributed by atoms with Crippen molar-refractivity contribution in [2.75, 3.05) is 0 Å². The molecule has 0 unspecified atom stereocenters. The molecule has 0 aliphatic carbocycles. The van der Waals surface area contributed by atoms with Gasteiger partial charge in [0.2, 0.25) is 0 Å². The predicted octanol–water partition coefficient (Wildman–Crippen LogP) is 1.85. The molecule has 4 nitrogen and oxygen atoms in total. The highest BCUT2D eigenvalue weighted by Crippen LogP contribution is 2.14. The maximum Gasteiger partial charge on any atom is 0.325 e. The first-order valence-electron chi connectivity index (χ1n) is 4.71. The molecular formula is C11H12ClNO3. The summed E-state index contributed by atoms with van der Waals surface area (Å²) in [6, 6.07) is 3.94. The number of nitrogens with one attached hydrogen (secondary N) is 1. The first-order chi connectivity index (χ1) is 7.40. The van der Waals surface area contributed by atoms with Crippen LogP contribution in [-0.4, -0.2) is 23.0 Å². The van der Waals surface area contributed by atoms with Crippen molar-refractivity contribution in [2.24, 2.45) is 0 Å². The van der Waals surface area contributed by atoms with Gasteiger partial charge in [0.1, 0.15) is 6.04 Å². The first kappa shape index (κ1) is 12.5. The number of amides is 1. The van der Waals surface area contributed by atoms with Crippen LogP contribution in [0, 0.1) is 6.92 Å². The van der Waals surface area contributed by atoms with E-state index < -0.39 is 17.9 Å². The monoisotopic (exact) mass is 241 g/mol. The third-order valence-electron chi connectivity index (χ3n) is 2.02. The van der Waals surface area contributed by atoms with Crippen molar-refractivity contribution in [1.82, 2.24) is 5.32 Å². The molecule has 0 aliphatic rings. The topological polar surface area (TPSA) is 66.4 Å². The van der Waals surface area contributed by atoms with Crippen LogP contribution in [0.15, 0.2) is 18.2 Å². The number of aliphatic carboxylic acids is 1.